The monoisotopic (exact) mass is 2470 g/mol. The molecule has 12 nitrogen and oxygen atoms in total. The fourth-order valence-corrected chi connectivity index (χ4v) is 16.0. The van der Waals surface area contributed by atoms with Gasteiger partial charge < -0.3 is 39.7 Å². The summed E-state index contributed by atoms with van der Waals surface area (Å²) in [6, 6.07) is 152. The molecule has 0 saturated heterocycles. The summed E-state index contributed by atoms with van der Waals surface area (Å²) in [7, 11) is 0. The molecule has 23 rings (SSSR count). The summed E-state index contributed by atoms with van der Waals surface area (Å²) < 4.78 is 13.7. The molecule has 658 valence electrons. The van der Waals surface area contributed by atoms with Crippen LogP contribution in [0.3, 0.4) is 0 Å². The Morgan fingerprint density at radius 1 is 0.221 bits per heavy atom. The summed E-state index contributed by atoms with van der Waals surface area (Å²) in [5.74, 6) is -0.303. The molecule has 0 unspecified atom stereocenters. The number of nitrogens with zero attached hydrogens (tertiary/aromatic N) is 12. The molecule has 8 heterocycles. The van der Waals surface area contributed by atoms with Crippen LogP contribution in [0.25, 0.3) is 155 Å². The zero-order valence-corrected chi connectivity index (χ0v) is 81.5. The number of halogens is 1. The Labute approximate surface area is 846 Å². The molecule has 17 heteroatoms. The smallest absolute Gasteiger partial charge is 0.346 e. The molecule has 0 amide bonds. The second-order valence-electron chi connectivity index (χ2n) is 31.0. The average molecular weight is 2470 g/mol. The van der Waals surface area contributed by atoms with E-state index in [-0.39, 0.29) is 90.1 Å². The fraction of sp³-hybridized carbons (Fsp3) is 0.00840. The first kappa shape index (κ1) is 94.1. The van der Waals surface area contributed by atoms with Crippen molar-refractivity contribution in [1.82, 2.24) is 49.8 Å². The molecule has 0 N–H and O–H groups in total. The van der Waals surface area contributed by atoms with Crippen molar-refractivity contribution in [2.24, 2.45) is 0 Å². The van der Waals surface area contributed by atoms with Crippen LogP contribution in [0.4, 0.5) is 38.5 Å². The molecule has 0 spiro atoms. The van der Waals surface area contributed by atoms with E-state index in [0.717, 1.165) is 185 Å². The molecule has 23 aromatic rings. The first-order valence-electron chi connectivity index (χ1n) is 43.1. The first-order valence-corrected chi connectivity index (χ1v) is 43.1. The summed E-state index contributed by atoms with van der Waals surface area (Å²) in [5.41, 5.74) is 23.9. The van der Waals surface area contributed by atoms with E-state index < -0.39 is 0 Å². The predicted octanol–water partition coefficient (Wildman–Crippen LogP) is 28.5. The van der Waals surface area contributed by atoms with E-state index in [4.69, 9.17) is 9.97 Å². The van der Waals surface area contributed by atoms with Gasteiger partial charge in [0.25, 0.3) is 0 Å². The van der Waals surface area contributed by atoms with Crippen molar-refractivity contribution in [3.63, 3.8) is 0 Å². The predicted molar refractivity (Wildman–Crippen MR) is 529 cm³/mol. The van der Waals surface area contributed by atoms with Gasteiger partial charge in [-0.2, -0.15) is 0 Å². The summed E-state index contributed by atoms with van der Waals surface area (Å²) >= 11 is 0. The number of para-hydroxylation sites is 1. The maximum atomic E-state index is 13.7. The number of benzene rings is 15. The number of anilines is 6. The summed E-state index contributed by atoms with van der Waals surface area (Å²) in [4.78, 5) is 48.9. The van der Waals surface area contributed by atoms with Gasteiger partial charge in [0.15, 0.2) is 0 Å². The van der Waals surface area contributed by atoms with Gasteiger partial charge in [0.1, 0.15) is 5.82 Å². The number of pyridine rings is 6. The topological polar surface area (TPSA) is 135 Å². The van der Waals surface area contributed by atoms with Crippen LogP contribution in [0.15, 0.2) is 444 Å². The Hall–Kier alpha value is -15.1. The average Bonchev–Trinajstić information content (AvgIpc) is 0.768. The second-order valence-corrected chi connectivity index (χ2v) is 31.0. The number of rotatable bonds is 17. The minimum Gasteiger partial charge on any atom is -0.346 e. The normalized spacial score (nSPS) is 10.6. The van der Waals surface area contributed by atoms with Crippen LogP contribution in [0.5, 0.6) is 0 Å². The quantitative estimate of drug-likeness (QED) is 0.0803. The Bertz CT molecular complexity index is 7660. The van der Waals surface area contributed by atoms with E-state index in [1.54, 1.807) is 55.5 Å². The maximum Gasteiger partial charge on any atom is 2.00 e. The van der Waals surface area contributed by atoms with Crippen molar-refractivity contribution < 1.29 is 88.7 Å². The number of aromatic nitrogens is 10. The molecule has 0 saturated carbocycles. The van der Waals surface area contributed by atoms with E-state index in [9.17, 15) is 4.39 Å². The second kappa shape index (κ2) is 45.1. The molecule has 0 aliphatic carbocycles. The largest absolute Gasteiger partial charge is 2.00 e. The van der Waals surface area contributed by atoms with Crippen molar-refractivity contribution in [3.05, 3.63) is 510 Å². The van der Waals surface area contributed by atoms with E-state index in [0.29, 0.717) is 11.4 Å². The van der Waals surface area contributed by atoms with Crippen LogP contribution in [-0.2, 0) is 90.7 Å². The third-order valence-electron chi connectivity index (χ3n) is 22.4. The third kappa shape index (κ3) is 22.0. The van der Waals surface area contributed by atoms with Crippen molar-refractivity contribution in [2.45, 2.75) is 6.42 Å². The molecule has 0 fully saturated rings. The van der Waals surface area contributed by atoms with Gasteiger partial charge in [0.2, 0.25) is 0 Å². The molecular weight excluding hydrogens is 2400 g/mol. The van der Waals surface area contributed by atoms with Gasteiger partial charge in [0.05, 0.1) is 0 Å². The minimum absolute atomic E-state index is 0. The number of fused-ring (bicyclic) bond motifs is 5. The van der Waals surface area contributed by atoms with E-state index in [2.05, 4.69) is 318 Å². The molecule has 0 radical (unpaired) electrons. The number of hydrogen-bond donors (Lipinski definition) is 0. The van der Waals surface area contributed by atoms with Crippen LogP contribution in [0.1, 0.15) is 11.1 Å². The maximum absolute atomic E-state index is 13.7. The zero-order chi connectivity index (χ0) is 88.6. The van der Waals surface area contributed by atoms with Crippen LogP contribution >= 0.6 is 0 Å². The van der Waals surface area contributed by atoms with Gasteiger partial charge in [-0.3, -0.25) is 19.9 Å². The Morgan fingerprint density at radius 2 is 0.603 bits per heavy atom. The van der Waals surface area contributed by atoms with Crippen molar-refractivity contribution in [2.75, 3.05) is 9.80 Å². The zero-order valence-electron chi connectivity index (χ0n) is 72.4. The van der Waals surface area contributed by atoms with Crippen molar-refractivity contribution in [1.29, 1.82) is 0 Å². The van der Waals surface area contributed by atoms with E-state index in [1.165, 1.54) is 22.9 Å². The fourth-order valence-electron chi connectivity index (χ4n) is 16.0. The molecular formula is C119H75FN12Pt4. The summed E-state index contributed by atoms with van der Waals surface area (Å²) in [6.07, 6.45) is 21.9. The molecule has 0 atom stereocenters. The molecule has 0 aliphatic rings. The third-order valence-corrected chi connectivity index (χ3v) is 22.4. The van der Waals surface area contributed by atoms with Crippen LogP contribution in [0.2, 0.25) is 0 Å². The van der Waals surface area contributed by atoms with E-state index >= 15 is 0 Å². The Kier molecular flexibility index (Phi) is 31.2. The minimum atomic E-state index is -0.303. The van der Waals surface area contributed by atoms with Gasteiger partial charge in [0, 0.05) is 109 Å². The van der Waals surface area contributed by atoms with Crippen LogP contribution < -0.4 is 9.80 Å². The molecule has 0 aliphatic heterocycles. The van der Waals surface area contributed by atoms with Gasteiger partial charge in [-0.05, 0) is 156 Å². The van der Waals surface area contributed by atoms with Crippen molar-refractivity contribution in [3.8, 4) is 101 Å². The van der Waals surface area contributed by atoms with Gasteiger partial charge >= 0.3 is 84.3 Å². The summed E-state index contributed by atoms with van der Waals surface area (Å²) in [5, 5.41) is 11.4. The Balaban J connectivity index is 0.000000131. The summed E-state index contributed by atoms with van der Waals surface area (Å²) in [6.45, 7) is 0. The number of hydrogen-bond acceptors (Lipinski definition) is 12. The Morgan fingerprint density at radius 3 is 1.07 bits per heavy atom. The van der Waals surface area contributed by atoms with Gasteiger partial charge in [-0.1, -0.05) is 192 Å². The SMILES string of the molecule is Fc1ccc(N(c2[c-]c(-c3cnccn3)ccc2)c2[c-]c(-c3cnccn3)ccc2)cc1.[Pt+2].[Pt+2].[Pt+2].[Pt+2].[c-]1c(-c2cc3ccccc3cn2)cccc1N(c1[c-]c(-c2cc3ccccc3cn2)ccc1)c1ccccc1.[c-]1c(-c2ccccn2)cccc1-c1cccc2ccc(-c3ccccn3)[c-]c12.[c-]1c(Cc2[c-]c(-c3nccc4ccccc34)ccc2)cccc1-c1nccc2ccccc12. The van der Waals surface area contributed by atoms with Crippen LogP contribution in [0, 0.1) is 54.3 Å². The molecule has 136 heavy (non-hydrogen) atoms. The van der Waals surface area contributed by atoms with Gasteiger partial charge in [-0.15, -0.1) is 244 Å². The molecule has 8 aromatic heterocycles. The molecule has 0 bridgehead atoms. The van der Waals surface area contributed by atoms with Crippen LogP contribution in [-0.4, -0.2) is 49.8 Å². The standard InChI is InChI=1S/C36H23N3.C31H20N2.C26H16FN5.C26H16N2.4Pt/c1-2-16-32(17-3-1)39(33-18-8-14-28(20-33)35-22-26-10-4-6-12-30(26)24-37-35)34-19-9-15-29(21-34)36-23-27-11-5-7-13-31(27)25-38-36;1-3-13-28-24(9-1)15-17-32-30(28)26-11-5-7-22(20-26)19-23-8-6-12-27(21-23)31-29-14-4-2-10-25(29)16-18-33-31;27-21-7-9-22(10-8-21)32(23-5-1-3-19(15-23)25-17-28-11-13-30-25)24-6-2-4-20(16-24)26-18-29-12-14-31-26;1-3-15-27-25(11-1)21-9-5-8-20(17-21)23-10-6-7-19-13-14-22(18-24(19)23)26-12-2-4-16-28-26;;;;/h1-19,22-25H;1-18H,19H2;1-14,17-18H;1-16H;;;;/q4*-2;4*+2. The first-order chi connectivity index (χ1) is 65.3. The van der Waals surface area contributed by atoms with E-state index in [1.807, 2.05) is 157 Å². The van der Waals surface area contributed by atoms with Gasteiger partial charge in [-0.25, -0.2) is 4.39 Å². The van der Waals surface area contributed by atoms with Crippen molar-refractivity contribution >= 4 is 88.0 Å². The molecule has 15 aromatic carbocycles.